The summed E-state index contributed by atoms with van der Waals surface area (Å²) in [5.41, 5.74) is 7.88. The topological polar surface area (TPSA) is 71.3 Å². The summed E-state index contributed by atoms with van der Waals surface area (Å²) in [5.74, 6) is -0.327. The number of esters is 1. The van der Waals surface area contributed by atoms with Gasteiger partial charge in [0, 0.05) is 31.9 Å². The Bertz CT molecular complexity index is 453. The molecule has 2 rings (SSSR count). The molecule has 1 aromatic rings. The Labute approximate surface area is 114 Å². The number of hydrogen-bond donors (Lipinski definition) is 2. The molecule has 1 aliphatic heterocycles. The van der Waals surface area contributed by atoms with Gasteiger partial charge in [0.15, 0.2) is 0 Å². The van der Waals surface area contributed by atoms with Crippen LogP contribution in [0.4, 0.5) is 0 Å². The molecular formula is C14H23N3O2. The number of carbonyl (C=O) groups excluding carboxylic acids is 1. The van der Waals surface area contributed by atoms with Crippen LogP contribution >= 0.6 is 0 Å². The van der Waals surface area contributed by atoms with Crippen molar-refractivity contribution < 1.29 is 9.53 Å². The van der Waals surface area contributed by atoms with Crippen LogP contribution in [0.25, 0.3) is 0 Å². The largest absolute Gasteiger partial charge is 0.464 e. The highest BCUT2D eigenvalue weighted by atomic mass is 16.5. The Kier molecular flexibility index (Phi) is 3.96. The van der Waals surface area contributed by atoms with Crippen molar-refractivity contribution in [1.82, 2.24) is 9.88 Å². The highest BCUT2D eigenvalue weighted by Crippen LogP contribution is 2.28. The van der Waals surface area contributed by atoms with E-state index in [9.17, 15) is 4.79 Å². The molecular weight excluding hydrogens is 242 g/mol. The summed E-state index contributed by atoms with van der Waals surface area (Å²) in [6.07, 6.45) is 2.88. The highest BCUT2D eigenvalue weighted by Gasteiger charge is 2.33. The van der Waals surface area contributed by atoms with Crippen molar-refractivity contribution in [3.05, 3.63) is 23.5 Å². The van der Waals surface area contributed by atoms with E-state index in [1.54, 1.807) is 0 Å². The number of ether oxygens (including phenoxy) is 1. The zero-order chi connectivity index (χ0) is 14.0. The Morgan fingerprint density at radius 2 is 2.37 bits per heavy atom. The third-order valence-electron chi connectivity index (χ3n) is 3.95. The average Bonchev–Trinajstić information content (AvgIpc) is 2.81. The molecule has 1 unspecified atom stereocenters. The minimum absolute atomic E-state index is 0.139. The first kappa shape index (κ1) is 14.1. The second kappa shape index (κ2) is 5.35. The van der Waals surface area contributed by atoms with Gasteiger partial charge in [0.05, 0.1) is 7.11 Å². The fourth-order valence-corrected chi connectivity index (χ4v) is 2.64. The third kappa shape index (κ3) is 3.16. The van der Waals surface area contributed by atoms with E-state index < -0.39 is 0 Å². The molecule has 0 bridgehead atoms. The predicted octanol–water partition coefficient (Wildman–Crippen LogP) is 1.36. The maximum Gasteiger partial charge on any atom is 0.354 e. The fourth-order valence-electron chi connectivity index (χ4n) is 2.64. The predicted molar refractivity (Wildman–Crippen MR) is 73.8 cm³/mol. The molecule has 0 radical (unpaired) electrons. The Morgan fingerprint density at radius 3 is 3.00 bits per heavy atom. The molecule has 0 saturated carbocycles. The number of aromatic amines is 1. The minimum Gasteiger partial charge on any atom is -0.464 e. The van der Waals surface area contributed by atoms with Crippen LogP contribution in [0.1, 0.15) is 36.3 Å². The third-order valence-corrected chi connectivity index (χ3v) is 3.95. The molecule has 0 aliphatic carbocycles. The molecule has 19 heavy (non-hydrogen) atoms. The van der Waals surface area contributed by atoms with E-state index in [0.717, 1.165) is 31.6 Å². The zero-order valence-corrected chi connectivity index (χ0v) is 11.9. The van der Waals surface area contributed by atoms with Gasteiger partial charge >= 0.3 is 5.97 Å². The lowest BCUT2D eigenvalue weighted by Gasteiger charge is -2.42. The molecule has 1 saturated heterocycles. The van der Waals surface area contributed by atoms with Gasteiger partial charge in [0.2, 0.25) is 0 Å². The maximum absolute atomic E-state index is 11.4. The number of nitrogens with zero attached hydrogens (tertiary/aromatic N) is 1. The summed E-state index contributed by atoms with van der Waals surface area (Å²) < 4.78 is 4.69. The van der Waals surface area contributed by atoms with Gasteiger partial charge in [0.25, 0.3) is 0 Å². The number of carbonyl (C=O) groups is 1. The van der Waals surface area contributed by atoms with Crippen LogP contribution in [-0.4, -0.2) is 42.1 Å². The summed E-state index contributed by atoms with van der Waals surface area (Å²) in [4.78, 5) is 16.7. The van der Waals surface area contributed by atoms with Crippen molar-refractivity contribution in [3.8, 4) is 0 Å². The van der Waals surface area contributed by atoms with Gasteiger partial charge in [-0.1, -0.05) is 13.8 Å². The average molecular weight is 265 g/mol. The van der Waals surface area contributed by atoms with Gasteiger partial charge in [-0.2, -0.15) is 0 Å². The molecule has 106 valence electrons. The van der Waals surface area contributed by atoms with Crippen LogP contribution in [0.15, 0.2) is 12.3 Å². The summed E-state index contributed by atoms with van der Waals surface area (Å²) in [6, 6.07) is 2.12. The van der Waals surface area contributed by atoms with Crippen LogP contribution in [-0.2, 0) is 11.3 Å². The van der Waals surface area contributed by atoms with Crippen molar-refractivity contribution in [2.45, 2.75) is 32.9 Å². The summed E-state index contributed by atoms with van der Waals surface area (Å²) in [6.45, 7) is 7.24. The summed E-state index contributed by atoms with van der Waals surface area (Å²) >= 11 is 0. The van der Waals surface area contributed by atoms with E-state index in [4.69, 9.17) is 5.73 Å². The first-order valence-electron chi connectivity index (χ1n) is 6.66. The van der Waals surface area contributed by atoms with Gasteiger partial charge in [-0.3, -0.25) is 4.90 Å². The molecule has 5 heteroatoms. The van der Waals surface area contributed by atoms with E-state index in [1.807, 2.05) is 12.3 Å². The van der Waals surface area contributed by atoms with Gasteiger partial charge < -0.3 is 15.5 Å². The van der Waals surface area contributed by atoms with Crippen molar-refractivity contribution in [1.29, 1.82) is 0 Å². The number of H-pyrrole nitrogens is 1. The monoisotopic (exact) mass is 265 g/mol. The molecule has 1 atom stereocenters. The van der Waals surface area contributed by atoms with E-state index in [-0.39, 0.29) is 17.4 Å². The molecule has 1 aromatic heterocycles. The normalized spacial score (nSPS) is 23.3. The van der Waals surface area contributed by atoms with E-state index in [0.29, 0.717) is 5.69 Å². The highest BCUT2D eigenvalue weighted by molar-refractivity contribution is 5.87. The lowest BCUT2D eigenvalue weighted by Crippen LogP contribution is -2.51. The number of nitrogens with two attached hydrogens (primary N) is 1. The van der Waals surface area contributed by atoms with Crippen LogP contribution in [0.2, 0.25) is 0 Å². The molecule has 1 aliphatic rings. The first-order valence-corrected chi connectivity index (χ1v) is 6.66. The molecule has 0 aromatic carbocycles. The van der Waals surface area contributed by atoms with Crippen LogP contribution < -0.4 is 5.73 Å². The minimum atomic E-state index is -0.327. The van der Waals surface area contributed by atoms with E-state index >= 15 is 0 Å². The molecule has 1 fully saturated rings. The number of piperidine rings is 1. The number of nitrogens with one attached hydrogen (secondary N) is 1. The Morgan fingerprint density at radius 1 is 1.63 bits per heavy atom. The first-order chi connectivity index (χ1) is 8.92. The smallest absolute Gasteiger partial charge is 0.354 e. The SMILES string of the molecule is COC(=O)c1cc(CN2CCC(N)C(C)(C)C2)c[nH]1. The number of hydrogen-bond acceptors (Lipinski definition) is 4. The van der Waals surface area contributed by atoms with Gasteiger partial charge in [-0.05, 0) is 23.5 Å². The Balaban J connectivity index is 1.98. The van der Waals surface area contributed by atoms with Gasteiger partial charge in [0.1, 0.15) is 5.69 Å². The van der Waals surface area contributed by atoms with Crippen molar-refractivity contribution in [2.75, 3.05) is 20.2 Å². The lowest BCUT2D eigenvalue weighted by molar-refractivity contribution is 0.0594. The fraction of sp³-hybridized carbons (Fsp3) is 0.643. The van der Waals surface area contributed by atoms with Gasteiger partial charge in [-0.25, -0.2) is 4.79 Å². The molecule has 0 amide bonds. The molecule has 3 N–H and O–H groups in total. The number of rotatable bonds is 3. The number of likely N-dealkylation sites (tertiary alicyclic amines) is 1. The maximum atomic E-state index is 11.4. The standard InChI is InChI=1S/C14H23N3O2/c1-14(2)9-17(5-4-12(14)15)8-10-6-11(16-7-10)13(18)19-3/h6-7,12,16H,4-5,8-9,15H2,1-3H3. The second-order valence-electron chi connectivity index (χ2n) is 6.01. The second-order valence-corrected chi connectivity index (χ2v) is 6.01. The van der Waals surface area contributed by atoms with Crippen LogP contribution in [0, 0.1) is 5.41 Å². The number of methoxy groups -OCH3 is 1. The Hall–Kier alpha value is -1.33. The molecule has 0 spiro atoms. The zero-order valence-electron chi connectivity index (χ0n) is 11.9. The van der Waals surface area contributed by atoms with Crippen molar-refractivity contribution in [2.24, 2.45) is 11.1 Å². The lowest BCUT2D eigenvalue weighted by atomic mass is 9.79. The number of aromatic nitrogens is 1. The van der Waals surface area contributed by atoms with E-state index in [1.165, 1.54) is 7.11 Å². The molecule has 2 heterocycles. The van der Waals surface area contributed by atoms with Gasteiger partial charge in [-0.15, -0.1) is 0 Å². The molecule has 5 nitrogen and oxygen atoms in total. The summed E-state index contributed by atoms with van der Waals surface area (Å²) in [5, 5.41) is 0. The van der Waals surface area contributed by atoms with E-state index in [2.05, 4.69) is 28.5 Å². The summed E-state index contributed by atoms with van der Waals surface area (Å²) in [7, 11) is 1.39. The van der Waals surface area contributed by atoms with Crippen LogP contribution in [0.3, 0.4) is 0 Å². The van der Waals surface area contributed by atoms with Crippen molar-refractivity contribution in [3.63, 3.8) is 0 Å². The van der Waals surface area contributed by atoms with Crippen LogP contribution in [0.5, 0.6) is 0 Å². The quantitative estimate of drug-likeness (QED) is 0.810. The van der Waals surface area contributed by atoms with Crippen molar-refractivity contribution >= 4 is 5.97 Å².